The normalized spacial score (nSPS) is 11.5. The molecule has 0 amide bonds. The van der Waals surface area contributed by atoms with Crippen molar-refractivity contribution in [2.24, 2.45) is 0 Å². The molecular formula is C13H12O2S2. The van der Waals surface area contributed by atoms with Crippen LogP contribution in [-0.4, -0.2) is 12.2 Å². The van der Waals surface area contributed by atoms with E-state index in [-0.39, 0.29) is 0 Å². The van der Waals surface area contributed by atoms with Crippen molar-refractivity contribution in [2.45, 2.75) is 13.8 Å². The summed E-state index contributed by atoms with van der Waals surface area (Å²) in [6.07, 6.45) is 0. The zero-order valence-corrected chi connectivity index (χ0v) is 11.5. The number of hydrogen-bond acceptors (Lipinski definition) is 4. The number of methoxy groups -OCH3 is 1. The minimum absolute atomic E-state index is 0.387. The van der Waals surface area contributed by atoms with Crippen LogP contribution in [0.4, 0.5) is 0 Å². The number of phenols is 1. The number of fused-ring (bicyclic) bond motifs is 2. The van der Waals surface area contributed by atoms with E-state index in [0.29, 0.717) is 5.75 Å². The Balaban J connectivity index is 2.60. The summed E-state index contributed by atoms with van der Waals surface area (Å²) >= 11 is 3.27. The van der Waals surface area contributed by atoms with E-state index < -0.39 is 0 Å². The van der Waals surface area contributed by atoms with Gasteiger partial charge in [0.2, 0.25) is 0 Å². The first kappa shape index (κ1) is 10.9. The van der Waals surface area contributed by atoms with Crippen molar-refractivity contribution in [1.29, 1.82) is 0 Å². The SMILES string of the molecule is COc1c2cc(C)sc2c(O)c2cc(C)sc12. The lowest BCUT2D eigenvalue weighted by Gasteiger charge is -2.05. The molecule has 0 saturated carbocycles. The summed E-state index contributed by atoms with van der Waals surface area (Å²) < 4.78 is 7.48. The molecule has 1 aromatic carbocycles. The van der Waals surface area contributed by atoms with Crippen molar-refractivity contribution in [2.75, 3.05) is 7.11 Å². The van der Waals surface area contributed by atoms with Crippen LogP contribution >= 0.6 is 22.7 Å². The van der Waals surface area contributed by atoms with Gasteiger partial charge in [-0.2, -0.15) is 0 Å². The van der Waals surface area contributed by atoms with E-state index in [1.54, 1.807) is 29.8 Å². The van der Waals surface area contributed by atoms with Crippen LogP contribution in [-0.2, 0) is 0 Å². The van der Waals surface area contributed by atoms with Crippen molar-refractivity contribution >= 4 is 42.8 Å². The maximum absolute atomic E-state index is 10.3. The van der Waals surface area contributed by atoms with Gasteiger partial charge in [-0.1, -0.05) is 0 Å². The first-order chi connectivity index (χ1) is 8.11. The van der Waals surface area contributed by atoms with Crippen molar-refractivity contribution < 1.29 is 9.84 Å². The molecule has 0 spiro atoms. The number of ether oxygens (including phenoxy) is 1. The molecular weight excluding hydrogens is 252 g/mol. The van der Waals surface area contributed by atoms with E-state index in [1.165, 1.54) is 9.75 Å². The molecule has 0 aliphatic carbocycles. The molecule has 1 N–H and O–H groups in total. The van der Waals surface area contributed by atoms with Gasteiger partial charge in [0.15, 0.2) is 0 Å². The standard InChI is InChI=1S/C13H12O2S2/c1-6-4-8-10(14)12-9(5-7(2)16-12)11(15-3)13(8)17-6/h4-5,14H,1-3H3. The van der Waals surface area contributed by atoms with Crippen molar-refractivity contribution in [3.63, 3.8) is 0 Å². The Morgan fingerprint density at radius 2 is 1.59 bits per heavy atom. The Bertz CT molecular complexity index is 664. The van der Waals surface area contributed by atoms with Crippen molar-refractivity contribution in [3.05, 3.63) is 21.9 Å². The Morgan fingerprint density at radius 1 is 1.00 bits per heavy atom. The zero-order valence-electron chi connectivity index (χ0n) is 9.83. The highest BCUT2D eigenvalue weighted by Crippen LogP contribution is 2.48. The number of rotatable bonds is 1. The van der Waals surface area contributed by atoms with E-state index in [1.807, 2.05) is 19.9 Å². The molecule has 2 nitrogen and oxygen atoms in total. The Hall–Kier alpha value is -1.26. The Kier molecular flexibility index (Phi) is 2.31. The second-order valence-corrected chi connectivity index (χ2v) is 6.59. The number of aryl methyl sites for hydroxylation is 2. The van der Waals surface area contributed by atoms with Crippen LogP contribution in [0.2, 0.25) is 0 Å². The number of aromatic hydroxyl groups is 1. The predicted molar refractivity (Wildman–Crippen MR) is 74.9 cm³/mol. The highest BCUT2D eigenvalue weighted by atomic mass is 32.1. The molecule has 0 bridgehead atoms. The van der Waals surface area contributed by atoms with Crippen LogP contribution in [0.25, 0.3) is 20.2 Å². The second-order valence-electron chi connectivity index (χ2n) is 4.08. The fraction of sp³-hybridized carbons (Fsp3) is 0.231. The lowest BCUT2D eigenvalue weighted by molar-refractivity contribution is 0.424. The second kappa shape index (κ2) is 3.62. The summed E-state index contributed by atoms with van der Waals surface area (Å²) in [6, 6.07) is 4.10. The highest BCUT2D eigenvalue weighted by molar-refractivity contribution is 7.21. The molecule has 3 aromatic rings. The lowest BCUT2D eigenvalue weighted by atomic mass is 10.1. The Labute approximate surface area is 107 Å². The third-order valence-corrected chi connectivity index (χ3v) is 4.94. The largest absolute Gasteiger partial charge is 0.506 e. The number of thiophene rings is 2. The van der Waals surface area contributed by atoms with E-state index >= 15 is 0 Å². The van der Waals surface area contributed by atoms with Crippen molar-refractivity contribution in [1.82, 2.24) is 0 Å². The van der Waals surface area contributed by atoms with E-state index in [0.717, 1.165) is 25.9 Å². The Morgan fingerprint density at radius 3 is 2.24 bits per heavy atom. The number of hydrogen-bond donors (Lipinski definition) is 1. The van der Waals surface area contributed by atoms with Crippen LogP contribution in [0.1, 0.15) is 9.75 Å². The molecule has 17 heavy (non-hydrogen) atoms. The minimum Gasteiger partial charge on any atom is -0.506 e. The smallest absolute Gasteiger partial charge is 0.145 e. The number of phenolic OH excluding ortho intramolecular Hbond substituents is 1. The molecule has 0 radical (unpaired) electrons. The third kappa shape index (κ3) is 1.44. The number of benzene rings is 1. The van der Waals surface area contributed by atoms with Gasteiger partial charge in [0.1, 0.15) is 11.5 Å². The molecule has 0 unspecified atom stereocenters. The van der Waals surface area contributed by atoms with E-state index in [4.69, 9.17) is 4.74 Å². The van der Waals surface area contributed by atoms with Crippen LogP contribution in [0.5, 0.6) is 11.5 Å². The van der Waals surface area contributed by atoms with Crippen LogP contribution < -0.4 is 4.74 Å². The van der Waals surface area contributed by atoms with Gasteiger partial charge in [-0.25, -0.2) is 0 Å². The molecule has 0 atom stereocenters. The maximum Gasteiger partial charge on any atom is 0.145 e. The maximum atomic E-state index is 10.3. The quantitative estimate of drug-likeness (QED) is 0.703. The molecule has 4 heteroatoms. The zero-order chi connectivity index (χ0) is 12.2. The molecule has 2 aromatic heterocycles. The fourth-order valence-electron chi connectivity index (χ4n) is 2.16. The lowest BCUT2D eigenvalue weighted by Crippen LogP contribution is -1.83. The van der Waals surface area contributed by atoms with Gasteiger partial charge >= 0.3 is 0 Å². The van der Waals surface area contributed by atoms with Gasteiger partial charge in [-0.3, -0.25) is 0 Å². The van der Waals surface area contributed by atoms with Gasteiger partial charge in [0.05, 0.1) is 16.5 Å². The average molecular weight is 264 g/mol. The molecule has 0 aliphatic heterocycles. The summed E-state index contributed by atoms with van der Waals surface area (Å²) in [4.78, 5) is 2.37. The summed E-state index contributed by atoms with van der Waals surface area (Å²) in [5, 5.41) is 12.2. The third-order valence-electron chi connectivity index (χ3n) is 2.84. The first-order valence-electron chi connectivity index (χ1n) is 5.31. The van der Waals surface area contributed by atoms with Crippen LogP contribution in [0.15, 0.2) is 12.1 Å². The van der Waals surface area contributed by atoms with Gasteiger partial charge < -0.3 is 9.84 Å². The minimum atomic E-state index is 0.387. The molecule has 2 heterocycles. The van der Waals surface area contributed by atoms with E-state index in [2.05, 4.69) is 6.07 Å². The van der Waals surface area contributed by atoms with Gasteiger partial charge in [0, 0.05) is 20.5 Å². The van der Waals surface area contributed by atoms with Gasteiger partial charge in [-0.05, 0) is 26.0 Å². The fourth-order valence-corrected chi connectivity index (χ4v) is 4.18. The molecule has 0 fully saturated rings. The summed E-state index contributed by atoms with van der Waals surface area (Å²) in [5.41, 5.74) is 0. The topological polar surface area (TPSA) is 29.5 Å². The molecule has 0 aliphatic rings. The molecule has 0 saturated heterocycles. The van der Waals surface area contributed by atoms with Crippen LogP contribution in [0, 0.1) is 13.8 Å². The molecule has 88 valence electrons. The highest BCUT2D eigenvalue weighted by Gasteiger charge is 2.17. The summed E-state index contributed by atoms with van der Waals surface area (Å²) in [7, 11) is 1.69. The van der Waals surface area contributed by atoms with Crippen LogP contribution in [0.3, 0.4) is 0 Å². The first-order valence-corrected chi connectivity index (χ1v) is 6.94. The van der Waals surface area contributed by atoms with Gasteiger partial charge in [-0.15, -0.1) is 22.7 Å². The van der Waals surface area contributed by atoms with Crippen molar-refractivity contribution in [3.8, 4) is 11.5 Å². The monoisotopic (exact) mass is 264 g/mol. The van der Waals surface area contributed by atoms with Gasteiger partial charge in [0.25, 0.3) is 0 Å². The summed E-state index contributed by atoms with van der Waals surface area (Å²) in [5.74, 6) is 1.27. The van der Waals surface area contributed by atoms with E-state index in [9.17, 15) is 5.11 Å². The average Bonchev–Trinajstić information content (AvgIpc) is 2.83. The summed E-state index contributed by atoms with van der Waals surface area (Å²) in [6.45, 7) is 4.09. The molecule has 3 rings (SSSR count). The predicted octanol–water partition coefficient (Wildman–Crippen LogP) is 4.45.